The number of nitrogens with zero attached hydrogens (tertiary/aromatic N) is 2. The van der Waals surface area contributed by atoms with Gasteiger partial charge in [0.2, 0.25) is 0 Å². The Balaban J connectivity index is 1.41. The van der Waals surface area contributed by atoms with E-state index in [4.69, 9.17) is 9.47 Å². The van der Waals surface area contributed by atoms with Gasteiger partial charge in [0.05, 0.1) is 7.11 Å². The zero-order valence-corrected chi connectivity index (χ0v) is 21.0. The van der Waals surface area contributed by atoms with Gasteiger partial charge in [-0.25, -0.2) is 9.18 Å². The fourth-order valence-electron chi connectivity index (χ4n) is 4.43. The lowest BCUT2D eigenvalue weighted by atomic mass is 10.0. The van der Waals surface area contributed by atoms with Gasteiger partial charge in [-0.3, -0.25) is 0 Å². The summed E-state index contributed by atoms with van der Waals surface area (Å²) in [6.07, 6.45) is 1.81. The van der Waals surface area contributed by atoms with Crippen molar-refractivity contribution in [1.29, 1.82) is 0 Å². The maximum atomic E-state index is 13.4. The number of amides is 2. The highest BCUT2D eigenvalue weighted by Gasteiger charge is 2.27. The molecule has 1 fully saturated rings. The van der Waals surface area contributed by atoms with Crippen molar-refractivity contribution in [3.8, 4) is 11.5 Å². The molecule has 0 unspecified atom stereocenters. The molecule has 1 aliphatic rings. The van der Waals surface area contributed by atoms with Crippen LogP contribution in [0.2, 0.25) is 0 Å². The molecule has 1 aliphatic heterocycles. The Labute approximate surface area is 212 Å². The van der Waals surface area contributed by atoms with Gasteiger partial charge in [0, 0.05) is 30.8 Å². The number of methoxy groups -OCH3 is 1. The van der Waals surface area contributed by atoms with E-state index in [9.17, 15) is 9.18 Å². The zero-order valence-electron chi connectivity index (χ0n) is 21.0. The van der Waals surface area contributed by atoms with Crippen molar-refractivity contribution in [1.82, 2.24) is 15.1 Å². The first-order chi connectivity index (χ1) is 17.5. The molecule has 0 aliphatic carbocycles. The van der Waals surface area contributed by atoms with Crippen LogP contribution in [0.5, 0.6) is 11.5 Å². The van der Waals surface area contributed by atoms with Gasteiger partial charge in [-0.1, -0.05) is 42.5 Å². The fraction of sp³-hybridized carbons (Fsp3) is 0.345. The Morgan fingerprint density at radius 2 is 1.75 bits per heavy atom. The van der Waals surface area contributed by atoms with Crippen molar-refractivity contribution < 1.29 is 18.7 Å². The number of halogens is 1. The second-order valence-corrected chi connectivity index (χ2v) is 9.20. The molecule has 1 N–H and O–H groups in total. The standard InChI is InChI=1S/C29H34FN3O3/c1-32-16-14-26(15-17-32)33(20-22-8-11-25(30)12-9-22)29(34)31-19-24-10-13-27(18-28(24)35-2)36-21-23-6-4-3-5-7-23/h3-13,18,26H,14-17,19-21H2,1-2H3,(H,31,34). The second-order valence-electron chi connectivity index (χ2n) is 9.20. The van der Waals surface area contributed by atoms with Crippen LogP contribution in [0.3, 0.4) is 0 Å². The fourth-order valence-corrected chi connectivity index (χ4v) is 4.43. The Bertz CT molecular complexity index is 1120. The van der Waals surface area contributed by atoms with Gasteiger partial charge in [0.1, 0.15) is 23.9 Å². The summed E-state index contributed by atoms with van der Waals surface area (Å²) in [6.45, 7) is 3.11. The molecule has 3 aromatic carbocycles. The largest absolute Gasteiger partial charge is 0.496 e. The highest BCUT2D eigenvalue weighted by atomic mass is 19.1. The summed E-state index contributed by atoms with van der Waals surface area (Å²) >= 11 is 0. The van der Waals surface area contributed by atoms with Crippen LogP contribution in [0.15, 0.2) is 72.8 Å². The SMILES string of the molecule is COc1cc(OCc2ccccc2)ccc1CNC(=O)N(Cc1ccc(F)cc1)C1CCN(C)CC1. The number of nitrogens with one attached hydrogen (secondary N) is 1. The van der Waals surface area contributed by atoms with Crippen LogP contribution >= 0.6 is 0 Å². The van der Waals surface area contributed by atoms with Gasteiger partial charge in [-0.05, 0) is 68.4 Å². The van der Waals surface area contributed by atoms with E-state index in [1.165, 1.54) is 12.1 Å². The van der Waals surface area contributed by atoms with Crippen molar-refractivity contribution in [3.05, 3.63) is 95.3 Å². The number of hydrogen-bond acceptors (Lipinski definition) is 4. The third-order valence-corrected chi connectivity index (χ3v) is 6.59. The van der Waals surface area contributed by atoms with Crippen molar-refractivity contribution in [2.75, 3.05) is 27.2 Å². The van der Waals surface area contributed by atoms with Gasteiger partial charge >= 0.3 is 6.03 Å². The average molecular weight is 492 g/mol. The second kappa shape index (κ2) is 12.4. The van der Waals surface area contributed by atoms with E-state index in [0.717, 1.165) is 42.6 Å². The molecule has 36 heavy (non-hydrogen) atoms. The maximum Gasteiger partial charge on any atom is 0.318 e. The molecule has 0 spiro atoms. The number of urea groups is 1. The van der Waals surface area contributed by atoms with E-state index in [0.29, 0.717) is 31.2 Å². The summed E-state index contributed by atoms with van der Waals surface area (Å²) in [6, 6.07) is 22.0. The van der Waals surface area contributed by atoms with Crippen molar-refractivity contribution in [2.24, 2.45) is 0 Å². The smallest absolute Gasteiger partial charge is 0.318 e. The molecule has 0 radical (unpaired) electrons. The van der Waals surface area contributed by atoms with Crippen molar-refractivity contribution >= 4 is 6.03 Å². The van der Waals surface area contributed by atoms with Crippen LogP contribution < -0.4 is 14.8 Å². The Hall–Kier alpha value is -3.58. The number of ether oxygens (including phenoxy) is 2. The first kappa shape index (κ1) is 25.5. The van der Waals surface area contributed by atoms with Crippen LogP contribution in [-0.2, 0) is 19.7 Å². The first-order valence-electron chi connectivity index (χ1n) is 12.3. The Kier molecular flexibility index (Phi) is 8.79. The summed E-state index contributed by atoms with van der Waals surface area (Å²) in [7, 11) is 3.71. The van der Waals surface area contributed by atoms with E-state index in [-0.39, 0.29) is 17.9 Å². The molecule has 2 amide bonds. The summed E-state index contributed by atoms with van der Waals surface area (Å²) in [5.74, 6) is 1.08. The minimum atomic E-state index is -0.280. The predicted octanol–water partition coefficient (Wildman–Crippen LogP) is 5.22. The van der Waals surface area contributed by atoms with E-state index < -0.39 is 0 Å². The van der Waals surface area contributed by atoms with Crippen molar-refractivity contribution in [2.45, 2.75) is 38.6 Å². The number of likely N-dealkylation sites (tertiary alicyclic amines) is 1. The van der Waals surface area contributed by atoms with E-state index in [1.54, 1.807) is 19.2 Å². The van der Waals surface area contributed by atoms with Crippen LogP contribution in [0.25, 0.3) is 0 Å². The maximum absolute atomic E-state index is 13.4. The van der Waals surface area contributed by atoms with Crippen LogP contribution in [0, 0.1) is 5.82 Å². The third kappa shape index (κ3) is 6.98. The van der Waals surface area contributed by atoms with Crippen LogP contribution in [0.1, 0.15) is 29.5 Å². The number of piperidine rings is 1. The Morgan fingerprint density at radius 1 is 1.03 bits per heavy atom. The number of carbonyl (C=O) groups excluding carboxylic acids is 1. The molecular weight excluding hydrogens is 457 g/mol. The topological polar surface area (TPSA) is 54.0 Å². The van der Waals surface area contributed by atoms with Gasteiger partial charge in [0.15, 0.2) is 0 Å². The number of carbonyl (C=O) groups is 1. The molecule has 4 rings (SSSR count). The summed E-state index contributed by atoms with van der Waals surface area (Å²) < 4.78 is 24.9. The van der Waals surface area contributed by atoms with Crippen molar-refractivity contribution in [3.63, 3.8) is 0 Å². The molecule has 6 nitrogen and oxygen atoms in total. The van der Waals surface area contributed by atoms with Crippen LogP contribution in [0.4, 0.5) is 9.18 Å². The molecule has 0 bridgehead atoms. The molecular formula is C29H34FN3O3. The number of hydrogen-bond donors (Lipinski definition) is 1. The quantitative estimate of drug-likeness (QED) is 0.446. The first-order valence-corrected chi connectivity index (χ1v) is 12.3. The van der Waals surface area contributed by atoms with Gasteiger partial charge < -0.3 is 24.6 Å². The van der Waals surface area contributed by atoms with E-state index in [1.807, 2.05) is 53.4 Å². The van der Waals surface area contributed by atoms with Gasteiger partial charge in [-0.2, -0.15) is 0 Å². The molecule has 1 saturated heterocycles. The molecule has 0 aromatic heterocycles. The molecule has 1 heterocycles. The van der Waals surface area contributed by atoms with E-state index in [2.05, 4.69) is 17.3 Å². The highest BCUT2D eigenvalue weighted by molar-refractivity contribution is 5.74. The summed E-state index contributed by atoms with van der Waals surface area (Å²) in [4.78, 5) is 17.5. The minimum absolute atomic E-state index is 0.127. The van der Waals surface area contributed by atoms with E-state index >= 15 is 0 Å². The summed E-state index contributed by atoms with van der Waals surface area (Å²) in [5.41, 5.74) is 2.86. The molecule has 190 valence electrons. The zero-order chi connectivity index (χ0) is 25.3. The lowest BCUT2D eigenvalue weighted by molar-refractivity contribution is 0.127. The Morgan fingerprint density at radius 3 is 2.44 bits per heavy atom. The highest BCUT2D eigenvalue weighted by Crippen LogP contribution is 2.26. The molecule has 0 saturated carbocycles. The minimum Gasteiger partial charge on any atom is -0.496 e. The average Bonchev–Trinajstić information content (AvgIpc) is 2.91. The number of benzene rings is 3. The molecule has 3 aromatic rings. The normalized spacial score (nSPS) is 14.3. The lowest BCUT2D eigenvalue weighted by Crippen LogP contribution is -2.49. The monoisotopic (exact) mass is 491 g/mol. The third-order valence-electron chi connectivity index (χ3n) is 6.59. The lowest BCUT2D eigenvalue weighted by Gasteiger charge is -2.37. The molecule has 0 atom stereocenters. The van der Waals surface area contributed by atoms with Gasteiger partial charge in [-0.15, -0.1) is 0 Å². The number of rotatable bonds is 9. The summed E-state index contributed by atoms with van der Waals surface area (Å²) in [5, 5.41) is 3.07. The predicted molar refractivity (Wildman–Crippen MR) is 138 cm³/mol. The molecule has 7 heteroatoms. The van der Waals surface area contributed by atoms with Gasteiger partial charge in [0.25, 0.3) is 0 Å². The van der Waals surface area contributed by atoms with Crippen LogP contribution in [-0.4, -0.2) is 49.1 Å².